The first-order valence-corrected chi connectivity index (χ1v) is 9.45. The highest BCUT2D eigenvalue weighted by molar-refractivity contribution is 5.90. The molecule has 0 unspecified atom stereocenters. The number of aromatic amines is 1. The van der Waals surface area contributed by atoms with Crippen LogP contribution in [0.25, 0.3) is 22.0 Å². The molecule has 4 rings (SSSR count). The number of Topliss-reactive ketones (excluding diaryl/α,β-unsaturated/α-hetero) is 1. The fourth-order valence-electron chi connectivity index (χ4n) is 3.37. The van der Waals surface area contributed by atoms with Crippen molar-refractivity contribution in [2.75, 3.05) is 13.2 Å². The molecule has 0 saturated carbocycles. The molecule has 0 fully saturated rings. The molecule has 0 spiro atoms. The predicted molar refractivity (Wildman–Crippen MR) is 115 cm³/mol. The maximum Gasteiger partial charge on any atom is 0.191 e. The van der Waals surface area contributed by atoms with E-state index in [4.69, 9.17) is 9.15 Å². The van der Waals surface area contributed by atoms with Crippen molar-refractivity contribution in [1.82, 2.24) is 4.98 Å². The summed E-state index contributed by atoms with van der Waals surface area (Å²) in [4.78, 5) is 19.6. The van der Waals surface area contributed by atoms with Crippen LogP contribution in [0, 0.1) is 13.8 Å². The topological polar surface area (TPSA) is 67.6 Å². The van der Waals surface area contributed by atoms with E-state index >= 15 is 0 Å². The number of ether oxygens (including phenoxy) is 1. The van der Waals surface area contributed by atoms with Crippen LogP contribution in [0.4, 0.5) is 0 Å². The monoisotopic (exact) mass is 386 g/mol. The van der Waals surface area contributed by atoms with E-state index in [0.717, 1.165) is 44.5 Å². The van der Waals surface area contributed by atoms with E-state index < -0.39 is 0 Å². The number of ketones is 1. The van der Waals surface area contributed by atoms with Crippen molar-refractivity contribution in [3.63, 3.8) is 0 Å². The first-order chi connectivity index (χ1) is 14.1. The van der Waals surface area contributed by atoms with Crippen LogP contribution in [0.3, 0.4) is 0 Å². The Kier molecular flexibility index (Phi) is 5.29. The molecule has 5 nitrogen and oxygen atoms in total. The second-order valence-electron chi connectivity index (χ2n) is 7.07. The number of furan rings is 1. The number of fused-ring (bicyclic) bond motifs is 1. The lowest BCUT2D eigenvalue weighted by molar-refractivity contribution is -0.119. The van der Waals surface area contributed by atoms with Crippen molar-refractivity contribution in [1.29, 1.82) is 0 Å². The van der Waals surface area contributed by atoms with Gasteiger partial charge >= 0.3 is 0 Å². The number of carbonyl (C=O) groups excluding carboxylic acids is 1. The SMILES string of the molecule is Cc1cc(-c2ccoc2)cc(C)c1OCC(=O)CN=Cc1ccc2cc[nH]c2c1. The Hall–Kier alpha value is -3.60. The molecule has 5 heteroatoms. The third-order valence-corrected chi connectivity index (χ3v) is 4.78. The van der Waals surface area contributed by atoms with E-state index in [1.165, 1.54) is 0 Å². The second kappa shape index (κ2) is 8.19. The Morgan fingerprint density at radius 1 is 1.10 bits per heavy atom. The van der Waals surface area contributed by atoms with Gasteiger partial charge in [0.2, 0.25) is 0 Å². The van der Waals surface area contributed by atoms with E-state index in [9.17, 15) is 4.79 Å². The molecule has 0 aliphatic heterocycles. The van der Waals surface area contributed by atoms with E-state index in [1.807, 2.05) is 62.5 Å². The second-order valence-corrected chi connectivity index (χ2v) is 7.07. The average molecular weight is 386 g/mol. The number of hydrogen-bond donors (Lipinski definition) is 1. The van der Waals surface area contributed by atoms with E-state index in [2.05, 4.69) is 9.98 Å². The number of hydrogen-bond acceptors (Lipinski definition) is 4. The molecular weight excluding hydrogens is 364 g/mol. The molecule has 0 radical (unpaired) electrons. The number of aliphatic imine (C=N–C) groups is 1. The molecule has 4 aromatic rings. The summed E-state index contributed by atoms with van der Waals surface area (Å²) in [6.07, 6.45) is 6.98. The smallest absolute Gasteiger partial charge is 0.191 e. The van der Waals surface area contributed by atoms with Gasteiger partial charge < -0.3 is 14.1 Å². The van der Waals surface area contributed by atoms with Crippen LogP contribution in [0.2, 0.25) is 0 Å². The van der Waals surface area contributed by atoms with Crippen molar-refractivity contribution in [2.24, 2.45) is 4.99 Å². The molecule has 0 aliphatic carbocycles. The molecule has 0 saturated heterocycles. The lowest BCUT2D eigenvalue weighted by atomic mass is 10.0. The van der Waals surface area contributed by atoms with Crippen LogP contribution in [-0.4, -0.2) is 30.1 Å². The number of rotatable bonds is 7. The van der Waals surface area contributed by atoms with Gasteiger partial charge in [0.05, 0.1) is 12.5 Å². The van der Waals surface area contributed by atoms with Crippen molar-refractivity contribution < 1.29 is 13.9 Å². The molecule has 0 amide bonds. The highest BCUT2D eigenvalue weighted by Crippen LogP contribution is 2.30. The van der Waals surface area contributed by atoms with Gasteiger partial charge in [-0.05, 0) is 71.8 Å². The highest BCUT2D eigenvalue weighted by Gasteiger charge is 2.10. The van der Waals surface area contributed by atoms with Crippen LogP contribution in [0.1, 0.15) is 16.7 Å². The van der Waals surface area contributed by atoms with Crippen LogP contribution in [0.5, 0.6) is 5.75 Å². The maximum atomic E-state index is 12.2. The zero-order chi connectivity index (χ0) is 20.2. The lowest BCUT2D eigenvalue weighted by Crippen LogP contribution is -2.15. The maximum absolute atomic E-state index is 12.2. The third kappa shape index (κ3) is 4.29. The molecule has 0 aliphatic rings. The normalized spacial score (nSPS) is 11.4. The summed E-state index contributed by atoms with van der Waals surface area (Å²) in [6.45, 7) is 4.05. The van der Waals surface area contributed by atoms with Gasteiger partial charge in [0, 0.05) is 23.5 Å². The molecule has 2 heterocycles. The number of benzene rings is 2. The van der Waals surface area contributed by atoms with Gasteiger partial charge in [-0.25, -0.2) is 0 Å². The molecule has 1 N–H and O–H groups in total. The van der Waals surface area contributed by atoms with Crippen molar-refractivity contribution in [3.8, 4) is 16.9 Å². The summed E-state index contributed by atoms with van der Waals surface area (Å²) >= 11 is 0. The molecule has 146 valence electrons. The quantitative estimate of drug-likeness (QED) is 0.449. The number of aryl methyl sites for hydroxylation is 2. The first-order valence-electron chi connectivity index (χ1n) is 9.45. The number of nitrogens with one attached hydrogen (secondary N) is 1. The number of aromatic nitrogens is 1. The Morgan fingerprint density at radius 2 is 1.93 bits per heavy atom. The fraction of sp³-hybridized carbons (Fsp3) is 0.167. The summed E-state index contributed by atoms with van der Waals surface area (Å²) in [7, 11) is 0. The molecule has 0 atom stereocenters. The van der Waals surface area contributed by atoms with Crippen molar-refractivity contribution in [2.45, 2.75) is 13.8 Å². The number of nitrogens with zero attached hydrogens (tertiary/aromatic N) is 1. The van der Waals surface area contributed by atoms with E-state index in [0.29, 0.717) is 0 Å². The zero-order valence-corrected chi connectivity index (χ0v) is 16.4. The van der Waals surface area contributed by atoms with E-state index in [-0.39, 0.29) is 18.9 Å². The minimum absolute atomic E-state index is 0.000258. The van der Waals surface area contributed by atoms with Crippen LogP contribution in [-0.2, 0) is 4.79 Å². The summed E-state index contributed by atoms with van der Waals surface area (Å²) in [5.74, 6) is 0.673. The Bertz CT molecular complexity index is 1150. The Balaban J connectivity index is 1.35. The van der Waals surface area contributed by atoms with Gasteiger partial charge in [-0.3, -0.25) is 9.79 Å². The van der Waals surface area contributed by atoms with Crippen LogP contribution < -0.4 is 4.74 Å². The Labute approximate surface area is 169 Å². The molecular formula is C24H22N2O3. The lowest BCUT2D eigenvalue weighted by Gasteiger charge is -2.13. The third-order valence-electron chi connectivity index (χ3n) is 4.78. The largest absolute Gasteiger partial charge is 0.485 e. The van der Waals surface area contributed by atoms with Gasteiger partial charge in [-0.2, -0.15) is 0 Å². The standard InChI is InChI=1S/C24H22N2O3/c1-16-9-21(20-6-8-28-14-20)10-17(2)24(16)29-15-22(27)13-25-12-18-3-4-19-5-7-26-23(19)11-18/h3-12,14,26H,13,15H2,1-2H3. The van der Waals surface area contributed by atoms with Crippen molar-refractivity contribution >= 4 is 22.9 Å². The van der Waals surface area contributed by atoms with Gasteiger partial charge in [0.15, 0.2) is 5.78 Å². The zero-order valence-electron chi connectivity index (χ0n) is 16.4. The van der Waals surface area contributed by atoms with Gasteiger partial charge in [-0.15, -0.1) is 0 Å². The number of carbonyl (C=O) groups is 1. The molecule has 29 heavy (non-hydrogen) atoms. The summed E-state index contributed by atoms with van der Waals surface area (Å²) in [6, 6.07) is 14.0. The van der Waals surface area contributed by atoms with Gasteiger partial charge in [0.25, 0.3) is 0 Å². The van der Waals surface area contributed by atoms with Crippen LogP contribution >= 0.6 is 0 Å². The summed E-state index contributed by atoms with van der Waals surface area (Å²) in [5.41, 5.74) is 6.05. The number of H-pyrrole nitrogens is 1. The highest BCUT2D eigenvalue weighted by atomic mass is 16.5. The van der Waals surface area contributed by atoms with Crippen molar-refractivity contribution in [3.05, 3.63) is 77.9 Å². The predicted octanol–water partition coefficient (Wildman–Crippen LogP) is 5.11. The summed E-state index contributed by atoms with van der Waals surface area (Å²) < 4.78 is 11.0. The van der Waals surface area contributed by atoms with Gasteiger partial charge in [0.1, 0.15) is 18.9 Å². The Morgan fingerprint density at radius 3 is 2.69 bits per heavy atom. The first kappa shape index (κ1) is 18.7. The van der Waals surface area contributed by atoms with E-state index in [1.54, 1.807) is 18.7 Å². The molecule has 2 aromatic heterocycles. The van der Waals surface area contributed by atoms with Gasteiger partial charge in [-0.1, -0.05) is 12.1 Å². The average Bonchev–Trinajstić information content (AvgIpc) is 3.39. The minimum Gasteiger partial charge on any atom is -0.485 e. The summed E-state index contributed by atoms with van der Waals surface area (Å²) in [5, 5.41) is 1.15. The minimum atomic E-state index is -0.0695. The molecule has 2 aromatic carbocycles. The van der Waals surface area contributed by atoms with Crippen LogP contribution in [0.15, 0.2) is 70.6 Å². The molecule has 0 bridgehead atoms. The fourth-order valence-corrected chi connectivity index (χ4v) is 3.37.